The number of aromatic amines is 2. The van der Waals surface area contributed by atoms with Crippen molar-refractivity contribution >= 4 is 36.0 Å². The summed E-state index contributed by atoms with van der Waals surface area (Å²) in [6.45, 7) is 6.54. The van der Waals surface area contributed by atoms with Crippen LogP contribution in [0, 0.1) is 23.1 Å². The maximum Gasteiger partial charge on any atom is 0.164 e. The second-order valence-electron chi connectivity index (χ2n) is 6.47. The summed E-state index contributed by atoms with van der Waals surface area (Å²) in [5, 5.41) is 0. The number of ketones is 2. The zero-order chi connectivity index (χ0) is 20.6. The molecule has 2 heterocycles. The van der Waals surface area contributed by atoms with E-state index >= 15 is 0 Å². The van der Waals surface area contributed by atoms with Crippen molar-refractivity contribution in [2.45, 2.75) is 27.7 Å². The molecule has 1 aromatic carbocycles. The lowest BCUT2D eigenvalue weighted by Gasteiger charge is -2.09. The monoisotopic (exact) mass is 410 g/mol. The highest BCUT2D eigenvalue weighted by Crippen LogP contribution is 2.23. The number of rotatable bonds is 4. The zero-order valence-electron chi connectivity index (χ0n) is 15.8. The normalized spacial score (nSPS) is 10.7. The van der Waals surface area contributed by atoms with Crippen LogP contribution in [-0.4, -0.2) is 31.5 Å². The van der Waals surface area contributed by atoms with E-state index in [1.807, 2.05) is 24.3 Å². The summed E-state index contributed by atoms with van der Waals surface area (Å²) in [6.07, 6.45) is 0. The van der Waals surface area contributed by atoms with Gasteiger partial charge >= 0.3 is 0 Å². The van der Waals surface area contributed by atoms with Gasteiger partial charge in [0.1, 0.15) is 20.9 Å². The quantitative estimate of drug-likeness (QED) is 0.467. The van der Waals surface area contributed by atoms with E-state index in [4.69, 9.17) is 24.4 Å². The molecular formula is C20H18N4O2S2. The molecule has 2 N–H and O–H groups in total. The molecule has 3 aromatic rings. The van der Waals surface area contributed by atoms with E-state index < -0.39 is 0 Å². The van der Waals surface area contributed by atoms with E-state index in [1.54, 1.807) is 13.8 Å². The van der Waals surface area contributed by atoms with Crippen LogP contribution in [0.4, 0.5) is 0 Å². The molecule has 142 valence electrons. The number of aryl methyl sites for hydroxylation is 2. The van der Waals surface area contributed by atoms with Crippen molar-refractivity contribution in [3.8, 4) is 22.8 Å². The van der Waals surface area contributed by atoms with Crippen molar-refractivity contribution in [1.29, 1.82) is 0 Å². The summed E-state index contributed by atoms with van der Waals surface area (Å²) in [6, 6.07) is 7.51. The maximum absolute atomic E-state index is 11.7. The fraction of sp³-hybridized carbons (Fsp3) is 0.200. The van der Waals surface area contributed by atoms with Gasteiger partial charge in [0.25, 0.3) is 0 Å². The van der Waals surface area contributed by atoms with Crippen molar-refractivity contribution in [2.24, 2.45) is 0 Å². The molecule has 0 bridgehead atoms. The lowest BCUT2D eigenvalue weighted by Crippen LogP contribution is -2.05. The Labute approximate surface area is 172 Å². The second-order valence-corrected chi connectivity index (χ2v) is 7.24. The summed E-state index contributed by atoms with van der Waals surface area (Å²) in [5.74, 6) is 0.948. The van der Waals surface area contributed by atoms with Gasteiger partial charge in [-0.05, 0) is 27.7 Å². The number of benzene rings is 1. The van der Waals surface area contributed by atoms with E-state index in [1.165, 1.54) is 13.8 Å². The van der Waals surface area contributed by atoms with Gasteiger partial charge in [-0.2, -0.15) is 0 Å². The van der Waals surface area contributed by atoms with E-state index in [0.29, 0.717) is 34.2 Å². The zero-order valence-corrected chi connectivity index (χ0v) is 17.5. The highest BCUT2D eigenvalue weighted by molar-refractivity contribution is 7.71. The van der Waals surface area contributed by atoms with E-state index in [-0.39, 0.29) is 20.8 Å². The van der Waals surface area contributed by atoms with E-state index in [2.05, 4.69) is 19.9 Å². The highest BCUT2D eigenvalue weighted by Gasteiger charge is 2.13. The SMILES string of the molecule is CC(=O)c1c(C)[nH]c(-c2ccc(-c3nc(=S)c(C(C)=O)c(C)[nH]3)cc2)nc1=S. The molecule has 6 nitrogen and oxygen atoms in total. The third-order valence-electron chi connectivity index (χ3n) is 4.35. The summed E-state index contributed by atoms with van der Waals surface area (Å²) in [7, 11) is 0. The Bertz CT molecular complexity index is 1130. The minimum absolute atomic E-state index is 0.112. The molecule has 0 atom stereocenters. The van der Waals surface area contributed by atoms with Crippen LogP contribution in [0.2, 0.25) is 0 Å². The number of carbonyl (C=O) groups is 2. The Kier molecular flexibility index (Phi) is 5.44. The smallest absolute Gasteiger partial charge is 0.164 e. The Hall–Kier alpha value is -2.84. The number of nitrogens with one attached hydrogen (secondary N) is 2. The Morgan fingerprint density at radius 3 is 1.32 bits per heavy atom. The second kappa shape index (κ2) is 7.65. The van der Waals surface area contributed by atoms with Crippen molar-refractivity contribution < 1.29 is 9.59 Å². The molecule has 0 aliphatic rings. The maximum atomic E-state index is 11.7. The predicted octanol–water partition coefficient (Wildman–Crippen LogP) is 4.95. The molecule has 0 amide bonds. The fourth-order valence-electron chi connectivity index (χ4n) is 3.06. The number of H-pyrrole nitrogens is 2. The lowest BCUT2D eigenvalue weighted by molar-refractivity contribution is 0.100. The molecular weight excluding hydrogens is 392 g/mol. The average Bonchev–Trinajstić information content (AvgIpc) is 2.60. The fourth-order valence-corrected chi connectivity index (χ4v) is 3.84. The van der Waals surface area contributed by atoms with Gasteiger partial charge in [-0.3, -0.25) is 9.59 Å². The first-order valence-corrected chi connectivity index (χ1v) is 9.35. The third-order valence-corrected chi connectivity index (χ3v) is 4.94. The molecule has 8 heteroatoms. The topological polar surface area (TPSA) is 91.5 Å². The van der Waals surface area contributed by atoms with Crippen LogP contribution < -0.4 is 0 Å². The van der Waals surface area contributed by atoms with Gasteiger partial charge in [0.15, 0.2) is 11.6 Å². The van der Waals surface area contributed by atoms with Crippen molar-refractivity contribution in [2.75, 3.05) is 0 Å². The minimum atomic E-state index is -0.112. The van der Waals surface area contributed by atoms with Gasteiger partial charge in [-0.25, -0.2) is 9.97 Å². The van der Waals surface area contributed by atoms with Crippen molar-refractivity contribution in [3.05, 3.63) is 56.1 Å². The largest absolute Gasteiger partial charge is 0.343 e. The Morgan fingerprint density at radius 1 is 0.750 bits per heavy atom. The van der Waals surface area contributed by atoms with Gasteiger partial charge < -0.3 is 9.97 Å². The molecule has 0 saturated heterocycles. The number of carbonyl (C=O) groups excluding carboxylic acids is 2. The molecule has 0 fully saturated rings. The number of Topliss-reactive ketones (excluding diaryl/α,β-unsaturated/α-hetero) is 2. The van der Waals surface area contributed by atoms with Crippen LogP contribution in [0.25, 0.3) is 22.8 Å². The Morgan fingerprint density at radius 2 is 1.07 bits per heavy atom. The molecule has 0 unspecified atom stereocenters. The van der Waals surface area contributed by atoms with Crippen molar-refractivity contribution in [1.82, 2.24) is 19.9 Å². The molecule has 0 spiro atoms. The average molecular weight is 411 g/mol. The molecule has 28 heavy (non-hydrogen) atoms. The number of aromatic nitrogens is 4. The summed E-state index contributed by atoms with van der Waals surface area (Å²) < 4.78 is 0.563. The first kappa shape index (κ1) is 19.9. The number of hydrogen-bond donors (Lipinski definition) is 2. The number of nitrogens with zero attached hydrogens (tertiary/aromatic N) is 2. The molecule has 3 rings (SSSR count). The highest BCUT2D eigenvalue weighted by atomic mass is 32.1. The number of hydrogen-bond acceptors (Lipinski definition) is 6. The summed E-state index contributed by atoms with van der Waals surface area (Å²) in [5.41, 5.74) is 3.90. The van der Waals surface area contributed by atoms with Gasteiger partial charge in [0.05, 0.1) is 11.1 Å². The molecule has 0 aliphatic heterocycles. The Balaban J connectivity index is 2.02. The van der Waals surface area contributed by atoms with E-state index in [9.17, 15) is 9.59 Å². The van der Waals surface area contributed by atoms with E-state index in [0.717, 1.165) is 11.1 Å². The van der Waals surface area contributed by atoms with Gasteiger partial charge in [0.2, 0.25) is 0 Å². The van der Waals surface area contributed by atoms with Crippen LogP contribution in [0.3, 0.4) is 0 Å². The summed E-state index contributed by atoms with van der Waals surface area (Å²) >= 11 is 10.5. The van der Waals surface area contributed by atoms with Gasteiger partial charge in [-0.1, -0.05) is 48.7 Å². The minimum Gasteiger partial charge on any atom is -0.343 e. The molecule has 0 saturated carbocycles. The van der Waals surface area contributed by atoms with Crippen LogP contribution in [0.15, 0.2) is 24.3 Å². The molecule has 2 aromatic heterocycles. The van der Waals surface area contributed by atoms with Gasteiger partial charge in [0, 0.05) is 22.5 Å². The first-order valence-electron chi connectivity index (χ1n) is 8.53. The third kappa shape index (κ3) is 3.74. The standard InChI is InChI=1S/C20H18N4O2S2/c1-9-15(11(3)25)19(27)23-17(21-9)13-5-7-14(8-6-13)18-22-10(2)16(12(4)26)20(28)24-18/h5-8H,1-4H3,(H,21,23,27)(H,22,24,28). The van der Waals surface area contributed by atoms with Crippen LogP contribution in [-0.2, 0) is 0 Å². The van der Waals surface area contributed by atoms with Crippen molar-refractivity contribution in [3.63, 3.8) is 0 Å². The van der Waals surface area contributed by atoms with Gasteiger partial charge in [-0.15, -0.1) is 0 Å². The lowest BCUT2D eigenvalue weighted by atomic mass is 10.1. The van der Waals surface area contributed by atoms with Crippen LogP contribution in [0.1, 0.15) is 46.0 Å². The first-order chi connectivity index (χ1) is 13.2. The van der Waals surface area contributed by atoms with Crippen LogP contribution >= 0.6 is 24.4 Å². The summed E-state index contributed by atoms with van der Waals surface area (Å²) in [4.78, 5) is 38.3. The van der Waals surface area contributed by atoms with Crippen LogP contribution in [0.5, 0.6) is 0 Å². The molecule has 0 radical (unpaired) electrons. The molecule has 0 aliphatic carbocycles. The predicted molar refractivity (Wildman–Crippen MR) is 113 cm³/mol.